The Kier molecular flexibility index (Phi) is 7.44. The summed E-state index contributed by atoms with van der Waals surface area (Å²) in [7, 11) is 0. The van der Waals surface area contributed by atoms with Gasteiger partial charge in [0.15, 0.2) is 16.8 Å². The Morgan fingerprint density at radius 3 is 2.65 bits per heavy atom. The largest absolute Gasteiger partial charge is 0.485 e. The van der Waals surface area contributed by atoms with Crippen molar-refractivity contribution in [2.45, 2.75) is 64.5 Å². The molecule has 1 fully saturated rings. The van der Waals surface area contributed by atoms with Crippen LogP contribution in [0.15, 0.2) is 24.3 Å². The van der Waals surface area contributed by atoms with E-state index in [-0.39, 0.29) is 6.61 Å². The summed E-state index contributed by atoms with van der Waals surface area (Å²) in [6, 6.07) is 6.58. The molecule has 11 heteroatoms. The van der Waals surface area contributed by atoms with Crippen LogP contribution in [0.3, 0.4) is 0 Å². The fourth-order valence-corrected chi connectivity index (χ4v) is 3.98. The molecule has 2 heterocycles. The van der Waals surface area contributed by atoms with E-state index in [9.17, 15) is 20.1 Å². The molecule has 1 aliphatic rings. The minimum atomic E-state index is -1.39. The molecular formula is C20H28N4O6S. The Bertz CT molecular complexity index is 977. The highest BCUT2D eigenvalue weighted by atomic mass is 32.1. The van der Waals surface area contributed by atoms with E-state index in [0.717, 1.165) is 11.3 Å². The van der Waals surface area contributed by atoms with Gasteiger partial charge in [-0.15, -0.1) is 0 Å². The average molecular weight is 453 g/mol. The molecule has 31 heavy (non-hydrogen) atoms. The monoisotopic (exact) mass is 452 g/mol. The predicted octanol–water partition coefficient (Wildman–Crippen LogP) is 0.438. The predicted molar refractivity (Wildman–Crippen MR) is 113 cm³/mol. The van der Waals surface area contributed by atoms with Crippen molar-refractivity contribution in [1.82, 2.24) is 19.7 Å². The number of hydrogen-bond acceptors (Lipinski definition) is 8. The lowest BCUT2D eigenvalue weighted by Crippen LogP contribution is -2.62. The SMILES string of the molecule is CCn1c(COc2ccccc2C)nn([C@@H]2O[C@H](CO)[C@@H](O)[C@H](O)[C@H]2NC(C)=O)c1=S. The number of nitrogens with zero attached hydrogens (tertiary/aromatic N) is 3. The molecule has 1 aliphatic heterocycles. The Balaban J connectivity index is 1.95. The van der Waals surface area contributed by atoms with Crippen LogP contribution in [0, 0.1) is 11.7 Å². The van der Waals surface area contributed by atoms with Crippen molar-refractivity contribution in [2.75, 3.05) is 6.61 Å². The standard InChI is InChI=1S/C20H28N4O6S/c1-4-23-15(10-29-13-8-6-5-7-11(13)2)22-24(20(23)31)19-16(21-12(3)26)18(28)17(27)14(9-25)30-19/h5-8,14,16-19,25,27-28H,4,9-10H2,1-3H3,(H,21,26)/t14-,16-,17-,18-,19-/m1/s1. The highest BCUT2D eigenvalue weighted by molar-refractivity contribution is 7.71. The number of para-hydroxylation sites is 1. The maximum absolute atomic E-state index is 11.7. The Morgan fingerprint density at radius 2 is 2.03 bits per heavy atom. The normalized spacial score (nSPS) is 25.9. The number of aliphatic hydroxyl groups excluding tert-OH is 3. The van der Waals surface area contributed by atoms with Gasteiger partial charge in [0, 0.05) is 13.5 Å². The van der Waals surface area contributed by atoms with E-state index in [0.29, 0.717) is 17.1 Å². The van der Waals surface area contributed by atoms with Gasteiger partial charge in [-0.25, -0.2) is 4.68 Å². The van der Waals surface area contributed by atoms with Crippen molar-refractivity contribution in [1.29, 1.82) is 0 Å². The van der Waals surface area contributed by atoms with Gasteiger partial charge in [0.05, 0.1) is 6.61 Å². The van der Waals surface area contributed by atoms with Gasteiger partial charge < -0.3 is 34.7 Å². The molecule has 0 saturated carbocycles. The van der Waals surface area contributed by atoms with Crippen LogP contribution in [-0.2, 0) is 22.7 Å². The van der Waals surface area contributed by atoms with Crippen LogP contribution in [0.1, 0.15) is 31.5 Å². The molecule has 1 saturated heterocycles. The zero-order valence-electron chi connectivity index (χ0n) is 17.6. The second-order valence-corrected chi connectivity index (χ2v) is 7.76. The van der Waals surface area contributed by atoms with Gasteiger partial charge in [-0.2, -0.15) is 5.10 Å². The summed E-state index contributed by atoms with van der Waals surface area (Å²) in [5, 5.41) is 37.5. The number of carbonyl (C=O) groups excluding carboxylic acids is 1. The summed E-state index contributed by atoms with van der Waals surface area (Å²) in [5.74, 6) is 0.827. The summed E-state index contributed by atoms with van der Waals surface area (Å²) in [6.45, 7) is 5.27. The molecule has 170 valence electrons. The molecule has 0 unspecified atom stereocenters. The first-order valence-corrected chi connectivity index (χ1v) is 10.5. The molecule has 0 radical (unpaired) electrons. The molecule has 0 aliphatic carbocycles. The molecule has 2 aromatic rings. The second-order valence-electron chi connectivity index (χ2n) is 7.40. The first-order valence-electron chi connectivity index (χ1n) is 10.0. The van der Waals surface area contributed by atoms with Crippen molar-refractivity contribution in [2.24, 2.45) is 0 Å². The van der Waals surface area contributed by atoms with Crippen molar-refractivity contribution in [3.63, 3.8) is 0 Å². The number of nitrogens with one attached hydrogen (secondary N) is 1. The van der Waals surface area contributed by atoms with Gasteiger partial charge >= 0.3 is 0 Å². The lowest BCUT2D eigenvalue weighted by Gasteiger charge is -2.42. The first kappa shape index (κ1) is 23.4. The van der Waals surface area contributed by atoms with E-state index in [2.05, 4.69) is 10.4 Å². The van der Waals surface area contributed by atoms with E-state index < -0.39 is 43.1 Å². The molecule has 5 atom stereocenters. The Labute approximate surface area is 185 Å². The molecule has 0 spiro atoms. The summed E-state index contributed by atoms with van der Waals surface area (Å²) < 4.78 is 15.1. The highest BCUT2D eigenvalue weighted by Crippen LogP contribution is 2.29. The van der Waals surface area contributed by atoms with E-state index in [4.69, 9.17) is 21.7 Å². The fourth-order valence-electron chi connectivity index (χ4n) is 3.60. The van der Waals surface area contributed by atoms with Crippen LogP contribution in [0.4, 0.5) is 0 Å². The van der Waals surface area contributed by atoms with Crippen LogP contribution in [0.5, 0.6) is 5.75 Å². The first-order chi connectivity index (χ1) is 14.8. The van der Waals surface area contributed by atoms with E-state index in [1.165, 1.54) is 11.6 Å². The maximum atomic E-state index is 11.7. The van der Waals surface area contributed by atoms with Gasteiger partial charge in [-0.05, 0) is 37.7 Å². The third-order valence-corrected chi connectivity index (χ3v) is 5.65. The molecule has 1 amide bonds. The van der Waals surface area contributed by atoms with Crippen molar-refractivity contribution in [3.05, 3.63) is 40.4 Å². The molecular weight excluding hydrogens is 424 g/mol. The zero-order valence-corrected chi connectivity index (χ0v) is 18.5. The molecule has 10 nitrogen and oxygen atoms in total. The minimum Gasteiger partial charge on any atom is -0.485 e. The number of hydrogen-bond donors (Lipinski definition) is 4. The van der Waals surface area contributed by atoms with Gasteiger partial charge in [-0.3, -0.25) is 4.79 Å². The van der Waals surface area contributed by atoms with Gasteiger partial charge in [-0.1, -0.05) is 18.2 Å². The van der Waals surface area contributed by atoms with Crippen LogP contribution in [0.25, 0.3) is 0 Å². The topological polar surface area (TPSA) is 131 Å². The fraction of sp³-hybridized carbons (Fsp3) is 0.550. The maximum Gasteiger partial charge on any atom is 0.217 e. The number of amides is 1. The summed E-state index contributed by atoms with van der Waals surface area (Å²) >= 11 is 5.57. The summed E-state index contributed by atoms with van der Waals surface area (Å²) in [4.78, 5) is 11.7. The number of carbonyl (C=O) groups is 1. The smallest absolute Gasteiger partial charge is 0.217 e. The van der Waals surface area contributed by atoms with Crippen molar-refractivity contribution in [3.8, 4) is 5.75 Å². The number of benzene rings is 1. The molecule has 1 aromatic carbocycles. The van der Waals surface area contributed by atoms with E-state index >= 15 is 0 Å². The third kappa shape index (κ3) is 4.80. The second kappa shape index (κ2) is 9.88. The zero-order chi connectivity index (χ0) is 22.7. The lowest BCUT2D eigenvalue weighted by atomic mass is 9.96. The van der Waals surface area contributed by atoms with Crippen LogP contribution in [-0.4, -0.2) is 66.5 Å². The van der Waals surface area contributed by atoms with Crippen LogP contribution >= 0.6 is 12.2 Å². The van der Waals surface area contributed by atoms with Crippen molar-refractivity contribution >= 4 is 18.1 Å². The summed E-state index contributed by atoms with van der Waals surface area (Å²) in [6.07, 6.45) is -4.87. The Morgan fingerprint density at radius 1 is 1.32 bits per heavy atom. The van der Waals surface area contributed by atoms with Gasteiger partial charge in [0.2, 0.25) is 5.91 Å². The average Bonchev–Trinajstić information content (AvgIpc) is 3.06. The minimum absolute atomic E-state index is 0.140. The van der Waals surface area contributed by atoms with Crippen LogP contribution in [0.2, 0.25) is 0 Å². The Hall–Kier alpha value is -2.31. The quantitative estimate of drug-likeness (QED) is 0.445. The highest BCUT2D eigenvalue weighted by Gasteiger charge is 2.46. The number of rotatable bonds is 7. The molecule has 1 aromatic heterocycles. The summed E-state index contributed by atoms with van der Waals surface area (Å²) in [5.41, 5.74) is 0.979. The van der Waals surface area contributed by atoms with Gasteiger partial charge in [0.1, 0.15) is 36.7 Å². The third-order valence-electron chi connectivity index (χ3n) is 5.24. The lowest BCUT2D eigenvalue weighted by molar-refractivity contribution is -0.219. The number of aromatic nitrogens is 3. The number of ether oxygens (including phenoxy) is 2. The number of aliphatic hydroxyl groups is 3. The number of aryl methyl sites for hydroxylation is 1. The molecule has 0 bridgehead atoms. The van der Waals surface area contributed by atoms with Crippen molar-refractivity contribution < 1.29 is 29.6 Å². The van der Waals surface area contributed by atoms with E-state index in [1.807, 2.05) is 38.1 Å². The van der Waals surface area contributed by atoms with Crippen LogP contribution < -0.4 is 10.1 Å². The molecule has 3 rings (SSSR count). The van der Waals surface area contributed by atoms with E-state index in [1.54, 1.807) is 4.57 Å². The van der Waals surface area contributed by atoms with Gasteiger partial charge in [0.25, 0.3) is 0 Å². The molecule has 4 N–H and O–H groups in total.